The number of hydrogen-bond donors (Lipinski definition) is 1. The van der Waals surface area contributed by atoms with Gasteiger partial charge in [-0.05, 0) is 31.7 Å². The highest BCUT2D eigenvalue weighted by Crippen LogP contribution is 2.19. The van der Waals surface area contributed by atoms with Crippen LogP contribution in [0, 0.1) is 6.92 Å². The zero-order chi connectivity index (χ0) is 16.9. The minimum absolute atomic E-state index is 0.108. The number of piperidine rings is 1. The normalized spacial score (nSPS) is 17.1. The zero-order valence-corrected chi connectivity index (χ0v) is 13.8. The summed E-state index contributed by atoms with van der Waals surface area (Å²) in [6.45, 7) is 2.62. The number of aryl methyl sites for hydroxylation is 1. The number of nitrogens with zero attached hydrogens (tertiary/aromatic N) is 3. The number of carbonyl (C=O) groups is 1. The standard InChI is InChI=1S/C14H21N3O5S/c1-11-9-15-14(16-10-11)22-12-4-6-17(7-5-12)23(20,21)8-2-3-13(18)19/h9-10,12H,2-8H2,1H3,(H,18,19). The molecule has 2 heterocycles. The number of rotatable bonds is 7. The van der Waals surface area contributed by atoms with Gasteiger partial charge in [0.15, 0.2) is 0 Å². The number of hydrogen-bond acceptors (Lipinski definition) is 6. The second-order valence-electron chi connectivity index (χ2n) is 5.57. The molecule has 0 aromatic carbocycles. The summed E-state index contributed by atoms with van der Waals surface area (Å²) in [4.78, 5) is 18.6. The summed E-state index contributed by atoms with van der Waals surface area (Å²) in [5.41, 5.74) is 0.944. The third-order valence-corrected chi connectivity index (χ3v) is 5.57. The minimum atomic E-state index is -3.40. The van der Waals surface area contributed by atoms with Crippen LogP contribution >= 0.6 is 0 Å². The average Bonchev–Trinajstić information content (AvgIpc) is 2.49. The van der Waals surface area contributed by atoms with Gasteiger partial charge < -0.3 is 9.84 Å². The maximum atomic E-state index is 12.1. The van der Waals surface area contributed by atoms with E-state index in [1.807, 2.05) is 6.92 Å². The van der Waals surface area contributed by atoms with Crippen LogP contribution in [0.2, 0.25) is 0 Å². The lowest BCUT2D eigenvalue weighted by molar-refractivity contribution is -0.137. The summed E-state index contributed by atoms with van der Waals surface area (Å²) in [5, 5.41) is 8.58. The molecule has 0 aliphatic carbocycles. The number of ether oxygens (including phenoxy) is 1. The molecule has 2 rings (SSSR count). The fraction of sp³-hybridized carbons (Fsp3) is 0.643. The Kier molecular flexibility index (Phi) is 5.89. The van der Waals surface area contributed by atoms with Crippen molar-refractivity contribution in [3.63, 3.8) is 0 Å². The Bertz CT molecular complexity index is 624. The van der Waals surface area contributed by atoms with Crippen molar-refractivity contribution in [2.45, 2.75) is 38.7 Å². The summed E-state index contributed by atoms with van der Waals surface area (Å²) in [7, 11) is -3.40. The molecular weight excluding hydrogens is 322 g/mol. The third kappa shape index (κ3) is 5.43. The van der Waals surface area contributed by atoms with Crippen molar-refractivity contribution in [1.29, 1.82) is 0 Å². The molecule has 1 saturated heterocycles. The van der Waals surface area contributed by atoms with Crippen molar-refractivity contribution < 1.29 is 23.1 Å². The first-order valence-electron chi connectivity index (χ1n) is 7.52. The van der Waals surface area contributed by atoms with Crippen LogP contribution in [0.5, 0.6) is 6.01 Å². The third-order valence-electron chi connectivity index (χ3n) is 3.62. The molecule has 0 bridgehead atoms. The van der Waals surface area contributed by atoms with Gasteiger partial charge in [-0.2, -0.15) is 0 Å². The van der Waals surface area contributed by atoms with Gasteiger partial charge in [0, 0.05) is 31.9 Å². The van der Waals surface area contributed by atoms with Crippen LogP contribution in [0.15, 0.2) is 12.4 Å². The lowest BCUT2D eigenvalue weighted by atomic mass is 10.1. The lowest BCUT2D eigenvalue weighted by Gasteiger charge is -2.30. The van der Waals surface area contributed by atoms with E-state index >= 15 is 0 Å². The molecule has 1 aliphatic heterocycles. The molecule has 0 amide bonds. The van der Waals surface area contributed by atoms with E-state index in [9.17, 15) is 13.2 Å². The molecule has 0 saturated carbocycles. The molecule has 1 N–H and O–H groups in total. The topological polar surface area (TPSA) is 110 Å². The monoisotopic (exact) mass is 343 g/mol. The van der Waals surface area contributed by atoms with E-state index in [2.05, 4.69) is 9.97 Å². The molecule has 1 fully saturated rings. The molecule has 8 nitrogen and oxygen atoms in total. The number of sulfonamides is 1. The summed E-state index contributed by atoms with van der Waals surface area (Å²) in [5.74, 6) is -1.11. The number of aliphatic carboxylic acids is 1. The fourth-order valence-corrected chi connectivity index (χ4v) is 3.89. The Balaban J connectivity index is 1.80. The van der Waals surface area contributed by atoms with Crippen LogP contribution in [0.25, 0.3) is 0 Å². The van der Waals surface area contributed by atoms with Crippen LogP contribution in [0.4, 0.5) is 0 Å². The van der Waals surface area contributed by atoms with Gasteiger partial charge in [-0.1, -0.05) is 0 Å². The molecule has 128 valence electrons. The largest absolute Gasteiger partial charge is 0.481 e. The van der Waals surface area contributed by atoms with Crippen LogP contribution in [0.3, 0.4) is 0 Å². The van der Waals surface area contributed by atoms with Gasteiger partial charge in [-0.25, -0.2) is 22.7 Å². The first-order valence-corrected chi connectivity index (χ1v) is 9.12. The van der Waals surface area contributed by atoms with Crippen molar-refractivity contribution >= 4 is 16.0 Å². The lowest BCUT2D eigenvalue weighted by Crippen LogP contribution is -2.42. The predicted molar refractivity (Wildman–Crippen MR) is 82.6 cm³/mol. The van der Waals surface area contributed by atoms with E-state index in [-0.39, 0.29) is 24.7 Å². The Labute approximate surface area is 135 Å². The number of carboxylic acids is 1. The highest BCUT2D eigenvalue weighted by atomic mass is 32.2. The van der Waals surface area contributed by atoms with Gasteiger partial charge in [-0.3, -0.25) is 4.79 Å². The molecule has 0 spiro atoms. The van der Waals surface area contributed by atoms with E-state index < -0.39 is 16.0 Å². The van der Waals surface area contributed by atoms with E-state index in [1.54, 1.807) is 12.4 Å². The SMILES string of the molecule is Cc1cnc(OC2CCN(S(=O)(=O)CCCC(=O)O)CC2)nc1. The molecule has 1 aromatic heterocycles. The van der Waals surface area contributed by atoms with Gasteiger partial charge in [0.1, 0.15) is 6.10 Å². The van der Waals surface area contributed by atoms with Gasteiger partial charge in [-0.15, -0.1) is 0 Å². The van der Waals surface area contributed by atoms with Crippen molar-refractivity contribution in [3.8, 4) is 6.01 Å². The van der Waals surface area contributed by atoms with E-state index in [4.69, 9.17) is 9.84 Å². The minimum Gasteiger partial charge on any atom is -0.481 e. The summed E-state index contributed by atoms with van der Waals surface area (Å²) in [6.07, 6.45) is 4.36. The Hall–Kier alpha value is -1.74. The first-order chi connectivity index (χ1) is 10.9. The average molecular weight is 343 g/mol. The zero-order valence-electron chi connectivity index (χ0n) is 13.0. The van der Waals surface area contributed by atoms with E-state index in [1.165, 1.54) is 4.31 Å². The van der Waals surface area contributed by atoms with Crippen LogP contribution in [0.1, 0.15) is 31.2 Å². The van der Waals surface area contributed by atoms with Gasteiger partial charge in [0.25, 0.3) is 0 Å². The molecule has 1 aromatic rings. The number of aromatic nitrogens is 2. The van der Waals surface area contributed by atoms with E-state index in [0.717, 1.165) is 5.56 Å². The van der Waals surface area contributed by atoms with Gasteiger partial charge >= 0.3 is 12.0 Å². The van der Waals surface area contributed by atoms with Crippen LogP contribution < -0.4 is 4.74 Å². The summed E-state index contributed by atoms with van der Waals surface area (Å²) >= 11 is 0. The Morgan fingerprint density at radius 1 is 1.35 bits per heavy atom. The molecule has 23 heavy (non-hydrogen) atoms. The molecule has 0 unspecified atom stereocenters. The van der Waals surface area contributed by atoms with E-state index in [0.29, 0.717) is 31.9 Å². The Morgan fingerprint density at radius 2 is 1.96 bits per heavy atom. The molecule has 0 atom stereocenters. The highest BCUT2D eigenvalue weighted by Gasteiger charge is 2.29. The van der Waals surface area contributed by atoms with Crippen molar-refractivity contribution in [2.24, 2.45) is 0 Å². The quantitative estimate of drug-likeness (QED) is 0.780. The first kappa shape index (κ1) is 17.6. The van der Waals surface area contributed by atoms with Crippen molar-refractivity contribution in [2.75, 3.05) is 18.8 Å². The van der Waals surface area contributed by atoms with Crippen molar-refractivity contribution in [1.82, 2.24) is 14.3 Å². The highest BCUT2D eigenvalue weighted by molar-refractivity contribution is 7.89. The summed E-state index contributed by atoms with van der Waals surface area (Å²) < 4.78 is 31.3. The summed E-state index contributed by atoms with van der Waals surface area (Å²) in [6, 6.07) is 0.304. The molecule has 0 radical (unpaired) electrons. The Morgan fingerprint density at radius 3 is 2.52 bits per heavy atom. The smallest absolute Gasteiger partial charge is 0.316 e. The second-order valence-corrected chi connectivity index (χ2v) is 7.66. The van der Waals surface area contributed by atoms with Crippen LogP contribution in [-0.2, 0) is 14.8 Å². The maximum absolute atomic E-state index is 12.1. The maximum Gasteiger partial charge on any atom is 0.316 e. The second kappa shape index (κ2) is 7.69. The number of carboxylic acid groups (broad SMARTS) is 1. The fourth-order valence-electron chi connectivity index (χ4n) is 2.35. The van der Waals surface area contributed by atoms with Gasteiger partial charge in [0.2, 0.25) is 10.0 Å². The van der Waals surface area contributed by atoms with Crippen LogP contribution in [-0.4, -0.2) is 58.7 Å². The predicted octanol–water partition coefficient (Wildman–Crippen LogP) is 0.823. The molecular formula is C14H21N3O5S. The van der Waals surface area contributed by atoms with Gasteiger partial charge in [0.05, 0.1) is 5.75 Å². The molecule has 1 aliphatic rings. The van der Waals surface area contributed by atoms with Crippen molar-refractivity contribution in [3.05, 3.63) is 18.0 Å². The molecule has 9 heteroatoms.